The molecule has 0 aliphatic heterocycles. The van der Waals surface area contributed by atoms with Crippen LogP contribution in [0.25, 0.3) is 6.08 Å². The van der Waals surface area contributed by atoms with Crippen molar-refractivity contribution in [3.8, 4) is 0 Å². The van der Waals surface area contributed by atoms with Crippen molar-refractivity contribution in [3.63, 3.8) is 0 Å². The molecule has 114 valence electrons. The summed E-state index contributed by atoms with van der Waals surface area (Å²) < 4.78 is 4.93. The SMILES string of the molecule is COCCN(CCO)C(=O)c1cncc(/C=C/C(=O)O)c1. The average molecular weight is 294 g/mol. The number of rotatable bonds is 8. The van der Waals surface area contributed by atoms with Crippen LogP contribution < -0.4 is 0 Å². The van der Waals surface area contributed by atoms with Gasteiger partial charge in [0.05, 0.1) is 18.8 Å². The normalized spacial score (nSPS) is 10.8. The first kappa shape index (κ1) is 16.8. The quantitative estimate of drug-likeness (QED) is 0.667. The number of ether oxygens (including phenoxy) is 1. The summed E-state index contributed by atoms with van der Waals surface area (Å²) in [4.78, 5) is 28.2. The van der Waals surface area contributed by atoms with E-state index in [1.807, 2.05) is 0 Å². The van der Waals surface area contributed by atoms with Gasteiger partial charge < -0.3 is 19.8 Å². The van der Waals surface area contributed by atoms with Crippen LogP contribution in [0.5, 0.6) is 0 Å². The van der Waals surface area contributed by atoms with E-state index < -0.39 is 5.97 Å². The number of aromatic nitrogens is 1. The number of hydrogen-bond donors (Lipinski definition) is 2. The molecule has 0 aromatic carbocycles. The maximum Gasteiger partial charge on any atom is 0.328 e. The molecule has 1 heterocycles. The van der Waals surface area contributed by atoms with Crippen LogP contribution >= 0.6 is 0 Å². The summed E-state index contributed by atoms with van der Waals surface area (Å²) >= 11 is 0. The molecule has 7 heteroatoms. The highest BCUT2D eigenvalue weighted by Gasteiger charge is 2.15. The lowest BCUT2D eigenvalue weighted by atomic mass is 10.1. The van der Waals surface area contributed by atoms with Gasteiger partial charge in [-0.15, -0.1) is 0 Å². The molecule has 0 atom stereocenters. The first-order valence-corrected chi connectivity index (χ1v) is 6.33. The predicted molar refractivity (Wildman–Crippen MR) is 75.8 cm³/mol. The fraction of sp³-hybridized carbons (Fsp3) is 0.357. The van der Waals surface area contributed by atoms with Gasteiger partial charge >= 0.3 is 5.97 Å². The number of carboxylic acid groups (broad SMARTS) is 1. The van der Waals surface area contributed by atoms with E-state index in [-0.39, 0.29) is 19.1 Å². The number of carbonyl (C=O) groups excluding carboxylic acids is 1. The number of pyridine rings is 1. The zero-order valence-corrected chi connectivity index (χ0v) is 11.7. The minimum atomic E-state index is -1.08. The third kappa shape index (κ3) is 5.72. The second kappa shape index (κ2) is 8.83. The summed E-state index contributed by atoms with van der Waals surface area (Å²) in [5.74, 6) is -1.37. The Kier molecular flexibility index (Phi) is 7.06. The van der Waals surface area contributed by atoms with Crippen LogP contribution in [0.3, 0.4) is 0 Å². The molecule has 0 bridgehead atoms. The molecule has 0 radical (unpaired) electrons. The summed E-state index contributed by atoms with van der Waals surface area (Å²) in [6.45, 7) is 0.752. The maximum atomic E-state index is 12.3. The van der Waals surface area contributed by atoms with E-state index in [1.165, 1.54) is 30.5 Å². The molecule has 0 aliphatic carbocycles. The second-order valence-corrected chi connectivity index (χ2v) is 4.19. The van der Waals surface area contributed by atoms with Gasteiger partial charge in [0.1, 0.15) is 0 Å². The van der Waals surface area contributed by atoms with Gasteiger partial charge in [0.25, 0.3) is 5.91 Å². The molecule has 0 spiro atoms. The van der Waals surface area contributed by atoms with E-state index in [2.05, 4.69) is 4.98 Å². The summed E-state index contributed by atoms with van der Waals surface area (Å²) in [6, 6.07) is 1.55. The zero-order valence-electron chi connectivity index (χ0n) is 11.7. The molecule has 1 amide bonds. The van der Waals surface area contributed by atoms with Gasteiger partial charge in [-0.05, 0) is 17.7 Å². The molecule has 0 aliphatic rings. The van der Waals surface area contributed by atoms with E-state index in [0.29, 0.717) is 24.3 Å². The highest BCUT2D eigenvalue weighted by molar-refractivity contribution is 5.94. The number of aliphatic carboxylic acids is 1. The Bertz CT molecular complexity index is 516. The lowest BCUT2D eigenvalue weighted by Gasteiger charge is -2.21. The van der Waals surface area contributed by atoms with Gasteiger partial charge in [-0.25, -0.2) is 4.79 Å². The molecule has 2 N–H and O–H groups in total. The van der Waals surface area contributed by atoms with Gasteiger partial charge in [-0.3, -0.25) is 9.78 Å². The zero-order chi connectivity index (χ0) is 15.7. The Morgan fingerprint density at radius 2 is 2.14 bits per heavy atom. The monoisotopic (exact) mass is 294 g/mol. The standard InChI is InChI=1S/C14H18N2O5/c1-21-7-5-16(4-6-17)14(20)12-8-11(9-15-10-12)2-3-13(18)19/h2-3,8-10,17H,4-7H2,1H3,(H,18,19)/b3-2+. The van der Waals surface area contributed by atoms with E-state index in [4.69, 9.17) is 14.9 Å². The number of aliphatic hydroxyl groups excluding tert-OH is 1. The second-order valence-electron chi connectivity index (χ2n) is 4.19. The van der Waals surface area contributed by atoms with Crippen LogP contribution in [0.2, 0.25) is 0 Å². The summed E-state index contributed by atoms with van der Waals surface area (Å²) in [7, 11) is 1.53. The van der Waals surface area contributed by atoms with Gasteiger partial charge in [0.15, 0.2) is 0 Å². The molecule has 1 rings (SSSR count). The topological polar surface area (TPSA) is 100.0 Å². The number of methoxy groups -OCH3 is 1. The maximum absolute atomic E-state index is 12.3. The number of aliphatic hydroxyl groups is 1. The molecule has 1 aromatic heterocycles. The molecule has 0 saturated heterocycles. The average Bonchev–Trinajstić information content (AvgIpc) is 2.49. The van der Waals surface area contributed by atoms with E-state index in [9.17, 15) is 9.59 Å². The molecule has 21 heavy (non-hydrogen) atoms. The van der Waals surface area contributed by atoms with Crippen molar-refractivity contribution in [3.05, 3.63) is 35.7 Å². The van der Waals surface area contributed by atoms with Crippen molar-refractivity contribution in [2.45, 2.75) is 0 Å². The summed E-state index contributed by atoms with van der Waals surface area (Å²) in [5.41, 5.74) is 0.839. The lowest BCUT2D eigenvalue weighted by molar-refractivity contribution is -0.131. The van der Waals surface area contributed by atoms with Crippen molar-refractivity contribution in [2.75, 3.05) is 33.4 Å². The Hall–Kier alpha value is -2.25. The highest BCUT2D eigenvalue weighted by Crippen LogP contribution is 2.08. The number of amides is 1. The third-order valence-corrected chi connectivity index (χ3v) is 2.65. The third-order valence-electron chi connectivity index (χ3n) is 2.65. The van der Waals surface area contributed by atoms with Gasteiger partial charge in [-0.1, -0.05) is 0 Å². The van der Waals surface area contributed by atoms with Crippen molar-refractivity contribution in [1.29, 1.82) is 0 Å². The van der Waals surface area contributed by atoms with Crippen LogP contribution in [0.4, 0.5) is 0 Å². The van der Waals surface area contributed by atoms with E-state index in [0.717, 1.165) is 6.08 Å². The van der Waals surface area contributed by atoms with Crippen molar-refractivity contribution in [2.24, 2.45) is 0 Å². The minimum absolute atomic E-state index is 0.151. The molecule has 1 aromatic rings. The fourth-order valence-electron chi connectivity index (χ4n) is 1.65. The summed E-state index contributed by atoms with van der Waals surface area (Å²) in [6.07, 6.45) is 5.19. The van der Waals surface area contributed by atoms with Crippen molar-refractivity contribution >= 4 is 18.0 Å². The first-order chi connectivity index (χ1) is 10.1. The van der Waals surface area contributed by atoms with Crippen LogP contribution in [0.1, 0.15) is 15.9 Å². The minimum Gasteiger partial charge on any atom is -0.478 e. The number of carboxylic acids is 1. The van der Waals surface area contributed by atoms with E-state index in [1.54, 1.807) is 6.07 Å². The first-order valence-electron chi connectivity index (χ1n) is 6.33. The molecular weight excluding hydrogens is 276 g/mol. The molecule has 0 fully saturated rings. The van der Waals surface area contributed by atoms with Gasteiger partial charge in [-0.2, -0.15) is 0 Å². The Morgan fingerprint density at radius 3 is 2.76 bits per heavy atom. The number of hydrogen-bond acceptors (Lipinski definition) is 5. The lowest BCUT2D eigenvalue weighted by Crippen LogP contribution is -2.36. The van der Waals surface area contributed by atoms with Crippen LogP contribution in [-0.2, 0) is 9.53 Å². The predicted octanol–water partition coefficient (Wildman–Crippen LogP) is 0.260. The number of carbonyl (C=O) groups is 2. The molecular formula is C14H18N2O5. The largest absolute Gasteiger partial charge is 0.478 e. The highest BCUT2D eigenvalue weighted by atomic mass is 16.5. The Morgan fingerprint density at radius 1 is 1.38 bits per heavy atom. The Labute approximate surface area is 122 Å². The van der Waals surface area contributed by atoms with Crippen LogP contribution in [-0.4, -0.2) is 65.4 Å². The molecule has 0 unspecified atom stereocenters. The smallest absolute Gasteiger partial charge is 0.328 e. The fourth-order valence-corrected chi connectivity index (χ4v) is 1.65. The Balaban J connectivity index is 2.88. The van der Waals surface area contributed by atoms with Crippen molar-refractivity contribution < 1.29 is 24.5 Å². The van der Waals surface area contributed by atoms with Crippen LogP contribution in [0.15, 0.2) is 24.5 Å². The van der Waals surface area contributed by atoms with Gasteiger partial charge in [0.2, 0.25) is 0 Å². The molecule has 7 nitrogen and oxygen atoms in total. The van der Waals surface area contributed by atoms with Crippen LogP contribution in [0, 0.1) is 0 Å². The number of nitrogens with zero attached hydrogens (tertiary/aromatic N) is 2. The van der Waals surface area contributed by atoms with Crippen molar-refractivity contribution in [1.82, 2.24) is 9.88 Å². The molecule has 0 saturated carbocycles. The summed E-state index contributed by atoms with van der Waals surface area (Å²) in [5, 5.41) is 17.6. The van der Waals surface area contributed by atoms with E-state index >= 15 is 0 Å². The van der Waals surface area contributed by atoms with Gasteiger partial charge in [0, 0.05) is 38.7 Å².